The highest BCUT2D eigenvalue weighted by molar-refractivity contribution is 5.77. The van der Waals surface area contributed by atoms with Crippen molar-refractivity contribution in [3.63, 3.8) is 0 Å². The molecule has 2 aliphatic heterocycles. The van der Waals surface area contributed by atoms with E-state index in [9.17, 15) is 10.1 Å². The Kier molecular flexibility index (Phi) is 7.16. The van der Waals surface area contributed by atoms with Crippen LogP contribution in [0.15, 0.2) is 54.7 Å². The molecule has 2 N–H and O–H groups in total. The fraction of sp³-hybridized carbons (Fsp3) is 0.333. The molecule has 2 aromatic carbocycles. The quantitative estimate of drug-likeness (QED) is 0.480. The van der Waals surface area contributed by atoms with Crippen LogP contribution in [-0.2, 0) is 9.53 Å². The van der Waals surface area contributed by atoms with Gasteiger partial charge in [-0.1, -0.05) is 6.07 Å². The molecule has 3 aromatic rings. The molecule has 2 fully saturated rings. The van der Waals surface area contributed by atoms with E-state index in [0.29, 0.717) is 42.5 Å². The molecule has 1 amide bonds. The Hall–Kier alpha value is -4.20. The minimum atomic E-state index is -0.515. The van der Waals surface area contributed by atoms with Crippen molar-refractivity contribution < 1.29 is 19.4 Å². The van der Waals surface area contributed by atoms with Crippen LogP contribution in [0, 0.1) is 11.3 Å². The molecule has 2 aliphatic rings. The molecule has 1 atom stereocenters. The number of nitrogens with zero attached hydrogens (tertiary/aromatic N) is 5. The monoisotopic (exact) mass is 500 g/mol. The number of amides is 1. The van der Waals surface area contributed by atoms with Crippen molar-refractivity contribution in [1.82, 2.24) is 14.9 Å². The van der Waals surface area contributed by atoms with Gasteiger partial charge in [-0.25, -0.2) is 9.97 Å². The zero-order valence-corrected chi connectivity index (χ0v) is 20.5. The Morgan fingerprint density at radius 1 is 1.19 bits per heavy atom. The number of nitrogens with one attached hydrogen (secondary N) is 1. The molecule has 3 heterocycles. The van der Waals surface area contributed by atoms with E-state index in [1.807, 2.05) is 18.2 Å². The van der Waals surface area contributed by atoms with E-state index in [4.69, 9.17) is 14.6 Å². The lowest BCUT2D eigenvalue weighted by Crippen LogP contribution is -2.51. The minimum absolute atomic E-state index is 0.226. The first-order valence-corrected chi connectivity index (χ1v) is 12.1. The van der Waals surface area contributed by atoms with Gasteiger partial charge in [0, 0.05) is 56.3 Å². The topological polar surface area (TPSA) is 124 Å². The normalized spacial score (nSPS) is 17.3. The first-order valence-electron chi connectivity index (χ1n) is 12.1. The number of rotatable bonds is 8. The van der Waals surface area contributed by atoms with Gasteiger partial charge in [-0.05, 0) is 42.5 Å². The summed E-state index contributed by atoms with van der Waals surface area (Å²) in [6.07, 6.45) is 2.37. The van der Waals surface area contributed by atoms with Gasteiger partial charge in [-0.15, -0.1) is 0 Å². The Morgan fingerprint density at radius 2 is 2.05 bits per heavy atom. The average Bonchev–Trinajstić information content (AvgIpc) is 3.37. The summed E-state index contributed by atoms with van der Waals surface area (Å²) in [6, 6.07) is 17.4. The molecular formula is C27H28N6O4. The van der Waals surface area contributed by atoms with Gasteiger partial charge in [0.2, 0.25) is 11.9 Å². The summed E-state index contributed by atoms with van der Waals surface area (Å²) in [6.45, 7) is 2.13. The van der Waals surface area contributed by atoms with Gasteiger partial charge in [0.1, 0.15) is 24.5 Å². The van der Waals surface area contributed by atoms with E-state index in [-0.39, 0.29) is 18.1 Å². The maximum Gasteiger partial charge on any atom is 0.248 e. The van der Waals surface area contributed by atoms with E-state index in [2.05, 4.69) is 38.4 Å². The average molecular weight is 501 g/mol. The molecule has 0 spiro atoms. The van der Waals surface area contributed by atoms with Crippen molar-refractivity contribution in [2.75, 3.05) is 50.1 Å². The number of nitriles is 1. The highest BCUT2D eigenvalue weighted by Crippen LogP contribution is 2.29. The van der Waals surface area contributed by atoms with Crippen molar-refractivity contribution in [3.8, 4) is 23.1 Å². The molecule has 0 aliphatic carbocycles. The largest absolute Gasteiger partial charge is 0.487 e. The van der Waals surface area contributed by atoms with Crippen LogP contribution in [0.25, 0.3) is 11.3 Å². The Morgan fingerprint density at radius 3 is 2.84 bits per heavy atom. The molecule has 190 valence electrons. The minimum Gasteiger partial charge on any atom is -0.487 e. The molecule has 0 unspecified atom stereocenters. The fourth-order valence-electron chi connectivity index (χ4n) is 4.50. The SMILES string of the molecule is COC1CN(c2cccc(Nc3nccc(-c4ccc(O[C@@H]5CCN(C(=O)CO)C5)c(C#N)c4)n3)c2)C1. The second-order valence-corrected chi connectivity index (χ2v) is 9.05. The maximum atomic E-state index is 11.7. The highest BCUT2D eigenvalue weighted by Gasteiger charge is 2.28. The zero-order valence-electron chi connectivity index (χ0n) is 20.5. The predicted molar refractivity (Wildman–Crippen MR) is 138 cm³/mol. The van der Waals surface area contributed by atoms with Crippen LogP contribution < -0.4 is 15.0 Å². The number of aliphatic hydroxyl groups is 1. The second kappa shape index (κ2) is 10.8. The lowest BCUT2D eigenvalue weighted by Gasteiger charge is -2.40. The molecule has 0 radical (unpaired) electrons. The summed E-state index contributed by atoms with van der Waals surface area (Å²) < 4.78 is 11.4. The van der Waals surface area contributed by atoms with E-state index in [1.54, 1.807) is 36.4 Å². The van der Waals surface area contributed by atoms with Crippen LogP contribution >= 0.6 is 0 Å². The molecular weight excluding hydrogens is 472 g/mol. The fourth-order valence-corrected chi connectivity index (χ4v) is 4.50. The maximum absolute atomic E-state index is 11.7. The molecule has 1 aromatic heterocycles. The number of hydrogen-bond acceptors (Lipinski definition) is 9. The molecule has 0 saturated carbocycles. The van der Waals surface area contributed by atoms with E-state index in [0.717, 1.165) is 30.0 Å². The van der Waals surface area contributed by atoms with E-state index >= 15 is 0 Å². The first-order chi connectivity index (χ1) is 18.1. The standard InChI is InChI=1S/C27H28N6O4/c1-36-23-15-33(16-23)21-4-2-3-20(12-21)30-27-29-9-7-24(31-27)18-5-6-25(19(11-18)13-28)37-22-8-10-32(14-22)26(35)17-34/h2-7,9,11-12,22-23,34H,8,10,14-17H2,1H3,(H,29,30,31)/t22-/m1/s1. The van der Waals surface area contributed by atoms with Crippen LogP contribution in [0.3, 0.4) is 0 Å². The number of carbonyl (C=O) groups is 1. The molecule has 2 saturated heterocycles. The van der Waals surface area contributed by atoms with E-state index in [1.165, 1.54) is 0 Å². The van der Waals surface area contributed by atoms with Gasteiger partial charge < -0.3 is 29.7 Å². The van der Waals surface area contributed by atoms with Gasteiger partial charge in [-0.2, -0.15) is 5.26 Å². The Bertz CT molecular complexity index is 1320. The summed E-state index contributed by atoms with van der Waals surface area (Å²) in [7, 11) is 1.73. The number of methoxy groups -OCH3 is 1. The third-order valence-corrected chi connectivity index (χ3v) is 6.63. The number of likely N-dealkylation sites (tertiary alicyclic amines) is 1. The highest BCUT2D eigenvalue weighted by atomic mass is 16.5. The third-order valence-electron chi connectivity index (χ3n) is 6.63. The summed E-state index contributed by atoms with van der Waals surface area (Å²) >= 11 is 0. The molecule has 10 heteroatoms. The Labute approximate surface area is 215 Å². The number of anilines is 3. The third kappa shape index (κ3) is 5.48. The van der Waals surface area contributed by atoms with Crippen molar-refractivity contribution >= 4 is 23.2 Å². The number of carbonyl (C=O) groups excluding carboxylic acids is 1. The van der Waals surface area contributed by atoms with Gasteiger partial charge >= 0.3 is 0 Å². The molecule has 0 bridgehead atoms. The smallest absolute Gasteiger partial charge is 0.248 e. The van der Waals surface area contributed by atoms with Crippen molar-refractivity contribution in [2.45, 2.75) is 18.6 Å². The summed E-state index contributed by atoms with van der Waals surface area (Å²) in [5, 5.41) is 22.1. The number of ether oxygens (including phenoxy) is 2. The number of aliphatic hydroxyl groups excluding tert-OH is 1. The van der Waals surface area contributed by atoms with Crippen LogP contribution in [0.2, 0.25) is 0 Å². The molecule has 10 nitrogen and oxygen atoms in total. The van der Waals surface area contributed by atoms with Crippen LogP contribution in [-0.4, -0.2) is 78.0 Å². The predicted octanol–water partition coefficient (Wildman–Crippen LogP) is 2.57. The van der Waals surface area contributed by atoms with Gasteiger partial charge in [0.05, 0.1) is 23.9 Å². The number of benzene rings is 2. The van der Waals surface area contributed by atoms with Gasteiger partial charge in [0.25, 0.3) is 0 Å². The van der Waals surface area contributed by atoms with Crippen LogP contribution in [0.5, 0.6) is 5.75 Å². The number of hydrogen-bond donors (Lipinski definition) is 2. The van der Waals surface area contributed by atoms with Gasteiger partial charge in [-0.3, -0.25) is 4.79 Å². The lowest BCUT2D eigenvalue weighted by atomic mass is 10.1. The number of aromatic nitrogens is 2. The molecule has 37 heavy (non-hydrogen) atoms. The molecule has 5 rings (SSSR count). The van der Waals surface area contributed by atoms with E-state index < -0.39 is 6.61 Å². The van der Waals surface area contributed by atoms with Crippen molar-refractivity contribution in [3.05, 3.63) is 60.3 Å². The first kappa shape index (κ1) is 24.5. The van der Waals surface area contributed by atoms with Crippen molar-refractivity contribution in [2.24, 2.45) is 0 Å². The van der Waals surface area contributed by atoms with Crippen molar-refractivity contribution in [1.29, 1.82) is 5.26 Å². The van der Waals surface area contributed by atoms with Gasteiger partial charge in [0.15, 0.2) is 0 Å². The second-order valence-electron chi connectivity index (χ2n) is 9.05. The zero-order chi connectivity index (χ0) is 25.8. The Balaban J connectivity index is 1.28. The summed E-state index contributed by atoms with van der Waals surface area (Å²) in [5.41, 5.74) is 3.80. The summed E-state index contributed by atoms with van der Waals surface area (Å²) in [4.78, 5) is 24.5. The van der Waals surface area contributed by atoms with Crippen LogP contribution in [0.4, 0.5) is 17.3 Å². The van der Waals surface area contributed by atoms with Crippen LogP contribution in [0.1, 0.15) is 12.0 Å². The summed E-state index contributed by atoms with van der Waals surface area (Å²) in [5.74, 6) is 0.592. The lowest BCUT2D eigenvalue weighted by molar-refractivity contribution is -0.133.